The third-order valence-corrected chi connectivity index (χ3v) is 4.88. The minimum absolute atomic E-state index is 0.0284. The number of nitrogens with zero attached hydrogens (tertiary/aromatic N) is 1. The highest BCUT2D eigenvalue weighted by molar-refractivity contribution is 7.89. The van der Waals surface area contributed by atoms with Gasteiger partial charge in [0.15, 0.2) is 0 Å². The molecule has 0 aromatic heterocycles. The number of aryl methyl sites for hydroxylation is 1. The summed E-state index contributed by atoms with van der Waals surface area (Å²) in [7, 11) is -3.95. The van der Waals surface area contributed by atoms with Crippen LogP contribution in [-0.2, 0) is 14.8 Å². The molecule has 0 saturated carbocycles. The van der Waals surface area contributed by atoms with Crippen molar-refractivity contribution in [2.24, 2.45) is 5.14 Å². The van der Waals surface area contributed by atoms with Crippen LogP contribution in [0.4, 0.5) is 11.4 Å². The van der Waals surface area contributed by atoms with Crippen LogP contribution in [0.15, 0.2) is 47.4 Å². The van der Waals surface area contributed by atoms with Gasteiger partial charge in [-0.25, -0.2) is 13.6 Å². The van der Waals surface area contributed by atoms with E-state index in [0.717, 1.165) is 6.07 Å². The van der Waals surface area contributed by atoms with Crippen molar-refractivity contribution in [2.75, 3.05) is 5.32 Å². The normalized spacial score (nSPS) is 12.1. The number of sulfonamides is 1. The van der Waals surface area contributed by atoms with Gasteiger partial charge in [0, 0.05) is 23.4 Å². The molecule has 2 aromatic rings. The van der Waals surface area contributed by atoms with Crippen LogP contribution in [0.5, 0.6) is 0 Å². The zero-order valence-electron chi connectivity index (χ0n) is 15.0. The maximum Gasteiger partial charge on any atom is 0.270 e. The summed E-state index contributed by atoms with van der Waals surface area (Å²) in [5, 5.41) is 20.8. The number of carbonyl (C=O) groups excluding carboxylic acids is 2. The second-order valence-corrected chi connectivity index (χ2v) is 7.55. The van der Waals surface area contributed by atoms with E-state index in [1.54, 1.807) is 6.92 Å². The van der Waals surface area contributed by atoms with Gasteiger partial charge in [0.1, 0.15) is 6.04 Å². The lowest BCUT2D eigenvalue weighted by molar-refractivity contribution is -0.384. The number of nitrogens with two attached hydrogens (primary N) is 1. The predicted molar refractivity (Wildman–Crippen MR) is 101 cm³/mol. The maximum atomic E-state index is 12.3. The van der Waals surface area contributed by atoms with Crippen molar-refractivity contribution < 1.29 is 22.9 Å². The smallest absolute Gasteiger partial charge is 0.270 e. The van der Waals surface area contributed by atoms with Gasteiger partial charge in [-0.3, -0.25) is 19.7 Å². The van der Waals surface area contributed by atoms with E-state index in [2.05, 4.69) is 10.6 Å². The van der Waals surface area contributed by atoms with E-state index < -0.39 is 32.8 Å². The monoisotopic (exact) mass is 406 g/mol. The Bertz CT molecular complexity index is 1050. The van der Waals surface area contributed by atoms with Gasteiger partial charge in [0.05, 0.1) is 9.82 Å². The number of nitrogens with one attached hydrogen (secondary N) is 2. The molecule has 1 atom stereocenters. The lowest BCUT2D eigenvalue weighted by Gasteiger charge is -2.15. The van der Waals surface area contributed by atoms with E-state index in [9.17, 15) is 28.1 Å². The van der Waals surface area contributed by atoms with E-state index in [1.165, 1.54) is 43.3 Å². The highest BCUT2D eigenvalue weighted by atomic mass is 32.2. The number of anilines is 1. The maximum absolute atomic E-state index is 12.3. The predicted octanol–water partition coefficient (Wildman–Crippen LogP) is 1.31. The van der Waals surface area contributed by atoms with Crippen molar-refractivity contribution in [2.45, 2.75) is 24.8 Å². The fraction of sp³-hybridized carbons (Fsp3) is 0.176. The molecule has 0 bridgehead atoms. The molecule has 0 aliphatic rings. The molecule has 11 heteroatoms. The number of rotatable bonds is 6. The average molecular weight is 406 g/mol. The van der Waals surface area contributed by atoms with Crippen LogP contribution in [0.3, 0.4) is 0 Å². The Hall–Kier alpha value is -3.31. The third-order valence-electron chi connectivity index (χ3n) is 3.82. The summed E-state index contributed by atoms with van der Waals surface area (Å²) >= 11 is 0. The summed E-state index contributed by atoms with van der Waals surface area (Å²) in [5.74, 6) is -1.27. The number of carbonyl (C=O) groups is 2. The third kappa shape index (κ3) is 5.11. The standard InChI is InChI=1S/C17H18N4O6S/c1-10-6-7-13(9-15(10)28(18,26)27)20-16(22)11(2)19-17(23)12-4-3-5-14(8-12)21(24)25/h3-9,11H,1-2H3,(H,19,23)(H,20,22)(H2,18,26,27). The number of benzene rings is 2. The van der Waals surface area contributed by atoms with Crippen LogP contribution >= 0.6 is 0 Å². The van der Waals surface area contributed by atoms with Gasteiger partial charge >= 0.3 is 0 Å². The molecule has 0 saturated heterocycles. The van der Waals surface area contributed by atoms with Crippen molar-refractivity contribution in [3.8, 4) is 0 Å². The first-order valence-corrected chi connectivity index (χ1v) is 9.53. The zero-order chi connectivity index (χ0) is 21.1. The molecule has 148 valence electrons. The molecular weight excluding hydrogens is 388 g/mol. The number of nitro benzene ring substituents is 1. The summed E-state index contributed by atoms with van der Waals surface area (Å²) in [4.78, 5) is 34.5. The summed E-state index contributed by atoms with van der Waals surface area (Å²) in [6.45, 7) is 2.98. The summed E-state index contributed by atoms with van der Waals surface area (Å²) in [6, 6.07) is 8.29. The average Bonchev–Trinajstić information content (AvgIpc) is 2.62. The molecular formula is C17H18N4O6S. The van der Waals surface area contributed by atoms with Crippen molar-refractivity contribution in [1.29, 1.82) is 0 Å². The highest BCUT2D eigenvalue weighted by Crippen LogP contribution is 2.19. The summed E-state index contributed by atoms with van der Waals surface area (Å²) in [6.07, 6.45) is 0. The Kier molecular flexibility index (Phi) is 6.11. The van der Waals surface area contributed by atoms with Crippen molar-refractivity contribution in [3.63, 3.8) is 0 Å². The minimum Gasteiger partial charge on any atom is -0.341 e. The Morgan fingerprint density at radius 2 is 1.86 bits per heavy atom. The van der Waals surface area contributed by atoms with Gasteiger partial charge in [-0.1, -0.05) is 12.1 Å². The van der Waals surface area contributed by atoms with E-state index in [1.807, 2.05) is 0 Å². The van der Waals surface area contributed by atoms with Gasteiger partial charge in [-0.05, 0) is 37.6 Å². The SMILES string of the molecule is Cc1ccc(NC(=O)C(C)NC(=O)c2cccc([N+](=O)[O-])c2)cc1S(N)(=O)=O. The summed E-state index contributed by atoms with van der Waals surface area (Å²) < 4.78 is 23.1. The molecule has 4 N–H and O–H groups in total. The molecule has 0 radical (unpaired) electrons. The van der Waals surface area contributed by atoms with Crippen LogP contribution in [0.25, 0.3) is 0 Å². The van der Waals surface area contributed by atoms with Gasteiger partial charge in [0.2, 0.25) is 15.9 Å². The molecule has 0 fully saturated rings. The molecule has 2 amide bonds. The number of non-ortho nitro benzene ring substituents is 1. The molecule has 0 aliphatic carbocycles. The Labute approximate surface area is 160 Å². The molecule has 28 heavy (non-hydrogen) atoms. The molecule has 2 rings (SSSR count). The van der Waals surface area contributed by atoms with Crippen molar-refractivity contribution >= 4 is 33.2 Å². The van der Waals surface area contributed by atoms with E-state index in [4.69, 9.17) is 5.14 Å². The van der Waals surface area contributed by atoms with Crippen LogP contribution in [0.2, 0.25) is 0 Å². The molecule has 0 aliphatic heterocycles. The van der Waals surface area contributed by atoms with Crippen LogP contribution in [-0.4, -0.2) is 31.2 Å². The van der Waals surface area contributed by atoms with E-state index in [0.29, 0.717) is 5.56 Å². The number of hydrogen-bond donors (Lipinski definition) is 3. The lowest BCUT2D eigenvalue weighted by Crippen LogP contribution is -2.41. The van der Waals surface area contributed by atoms with Gasteiger partial charge < -0.3 is 10.6 Å². The minimum atomic E-state index is -3.95. The van der Waals surface area contributed by atoms with Crippen LogP contribution in [0.1, 0.15) is 22.8 Å². The molecule has 1 unspecified atom stereocenters. The number of hydrogen-bond acceptors (Lipinski definition) is 6. The molecule has 2 aromatic carbocycles. The van der Waals surface area contributed by atoms with E-state index >= 15 is 0 Å². The van der Waals surface area contributed by atoms with Gasteiger partial charge in [-0.15, -0.1) is 0 Å². The number of primary sulfonamides is 1. The Morgan fingerprint density at radius 1 is 1.18 bits per heavy atom. The zero-order valence-corrected chi connectivity index (χ0v) is 15.8. The fourth-order valence-electron chi connectivity index (χ4n) is 2.34. The van der Waals surface area contributed by atoms with Crippen molar-refractivity contribution in [1.82, 2.24) is 5.32 Å². The lowest BCUT2D eigenvalue weighted by atomic mass is 10.1. The van der Waals surface area contributed by atoms with Gasteiger partial charge in [0.25, 0.3) is 11.6 Å². The topological polar surface area (TPSA) is 162 Å². The summed E-state index contributed by atoms with van der Waals surface area (Å²) in [5.41, 5.74) is 0.393. The van der Waals surface area contributed by atoms with Gasteiger partial charge in [-0.2, -0.15) is 0 Å². The second kappa shape index (κ2) is 8.15. The fourth-order valence-corrected chi connectivity index (χ4v) is 3.15. The number of amides is 2. The first kappa shape index (κ1) is 21.0. The first-order valence-electron chi connectivity index (χ1n) is 7.98. The second-order valence-electron chi connectivity index (χ2n) is 6.02. The largest absolute Gasteiger partial charge is 0.341 e. The first-order chi connectivity index (χ1) is 13.0. The Morgan fingerprint density at radius 3 is 2.46 bits per heavy atom. The quantitative estimate of drug-likeness (QED) is 0.484. The molecule has 10 nitrogen and oxygen atoms in total. The Balaban J connectivity index is 2.10. The molecule has 0 heterocycles. The van der Waals surface area contributed by atoms with Crippen LogP contribution < -0.4 is 15.8 Å². The number of nitro groups is 1. The van der Waals surface area contributed by atoms with E-state index in [-0.39, 0.29) is 21.8 Å². The van der Waals surface area contributed by atoms with Crippen LogP contribution in [0, 0.1) is 17.0 Å². The molecule has 0 spiro atoms. The van der Waals surface area contributed by atoms with Crippen molar-refractivity contribution in [3.05, 3.63) is 63.7 Å². The highest BCUT2D eigenvalue weighted by Gasteiger charge is 2.19.